The first-order chi connectivity index (χ1) is 22.1. The van der Waals surface area contributed by atoms with Gasteiger partial charge in [-0.15, -0.1) is 5.06 Å². The number of nitrogens with zero attached hydrogens (tertiary/aromatic N) is 2. The Morgan fingerprint density at radius 2 is 1.76 bits per heavy atom. The van der Waals surface area contributed by atoms with Crippen LogP contribution in [0.5, 0.6) is 5.75 Å². The van der Waals surface area contributed by atoms with Gasteiger partial charge in [-0.2, -0.15) is 0 Å². The van der Waals surface area contributed by atoms with Crippen LogP contribution in [-0.2, 0) is 38.7 Å². The van der Waals surface area contributed by atoms with E-state index in [1.165, 1.54) is 6.07 Å². The average Bonchev–Trinajstić information content (AvgIpc) is 3.30. The number of unbranched alkanes of at least 4 members (excludes halogenated alkanes) is 4. The van der Waals surface area contributed by atoms with Crippen LogP contribution in [0, 0.1) is 0 Å². The molecule has 1 heterocycles. The minimum atomic E-state index is -1.53. The number of carbonyl (C=O) groups excluding carboxylic acids is 4. The third kappa shape index (κ3) is 11.3. The van der Waals surface area contributed by atoms with Crippen LogP contribution in [0.15, 0.2) is 42.5 Å². The van der Waals surface area contributed by atoms with E-state index in [9.17, 15) is 34.5 Å². The van der Waals surface area contributed by atoms with Crippen LogP contribution >= 0.6 is 0 Å². The summed E-state index contributed by atoms with van der Waals surface area (Å²) < 4.78 is 5.77. The largest absolute Gasteiger partial charge is 0.508 e. The van der Waals surface area contributed by atoms with E-state index in [1.807, 2.05) is 18.2 Å². The quantitative estimate of drug-likeness (QED) is 0.0749. The van der Waals surface area contributed by atoms with E-state index in [4.69, 9.17) is 15.3 Å². The Bertz CT molecular complexity index is 1320. The molecule has 2 atom stereocenters. The smallest absolute Gasteiger partial charge is 0.350 e. The Kier molecular flexibility index (Phi) is 14.7. The van der Waals surface area contributed by atoms with Crippen molar-refractivity contribution in [3.05, 3.63) is 64.7 Å². The predicted molar refractivity (Wildman–Crippen MR) is 167 cm³/mol. The first-order valence-electron chi connectivity index (χ1n) is 15.5. The number of ether oxygens (including phenoxy) is 1. The maximum absolute atomic E-state index is 12.8. The SMILES string of the molecule is CC(=O)ON(C(N)=O)C1NC(=O)N(Cc2cccc(CCCCOCCCCCCNCC(O)c3ccc(O)c(CO)c3)c2)C1=O. The molecule has 1 aliphatic rings. The molecule has 3 rings (SSSR count). The summed E-state index contributed by atoms with van der Waals surface area (Å²) in [5, 5.41) is 35.1. The van der Waals surface area contributed by atoms with Crippen molar-refractivity contribution >= 4 is 23.9 Å². The van der Waals surface area contributed by atoms with Gasteiger partial charge in [0.2, 0.25) is 6.17 Å². The Balaban J connectivity index is 1.24. The van der Waals surface area contributed by atoms with Gasteiger partial charge >= 0.3 is 18.0 Å². The second-order valence-electron chi connectivity index (χ2n) is 11.1. The van der Waals surface area contributed by atoms with Crippen molar-refractivity contribution in [1.82, 2.24) is 20.6 Å². The van der Waals surface area contributed by atoms with E-state index < -0.39 is 36.2 Å². The van der Waals surface area contributed by atoms with Crippen molar-refractivity contribution in [2.75, 3.05) is 26.3 Å². The molecular formula is C32H45N5O9. The van der Waals surface area contributed by atoms with Crippen LogP contribution in [0.4, 0.5) is 9.59 Å². The zero-order valence-corrected chi connectivity index (χ0v) is 26.2. The molecule has 1 fully saturated rings. The van der Waals surface area contributed by atoms with Gasteiger partial charge in [0.15, 0.2) is 0 Å². The Labute approximate surface area is 268 Å². The second kappa shape index (κ2) is 18.7. The predicted octanol–water partition coefficient (Wildman–Crippen LogP) is 2.34. The summed E-state index contributed by atoms with van der Waals surface area (Å²) in [6.45, 7) is 3.30. The van der Waals surface area contributed by atoms with Gasteiger partial charge in [0.25, 0.3) is 5.91 Å². The molecule has 0 saturated carbocycles. The normalized spacial score (nSPS) is 15.1. The van der Waals surface area contributed by atoms with Gasteiger partial charge in [-0.1, -0.05) is 43.2 Å². The van der Waals surface area contributed by atoms with Gasteiger partial charge in [0.05, 0.1) is 19.3 Å². The van der Waals surface area contributed by atoms with Crippen LogP contribution < -0.4 is 16.4 Å². The lowest BCUT2D eigenvalue weighted by Crippen LogP contribution is -2.52. The van der Waals surface area contributed by atoms with Crippen LogP contribution in [0.3, 0.4) is 0 Å². The molecule has 2 aromatic rings. The van der Waals surface area contributed by atoms with E-state index in [1.54, 1.807) is 18.2 Å². The van der Waals surface area contributed by atoms with Crippen molar-refractivity contribution in [2.24, 2.45) is 5.73 Å². The number of aliphatic hydroxyl groups is 2. The molecule has 252 valence electrons. The summed E-state index contributed by atoms with van der Waals surface area (Å²) in [7, 11) is 0. The topological polar surface area (TPSA) is 204 Å². The molecule has 2 aromatic carbocycles. The van der Waals surface area contributed by atoms with Crippen LogP contribution in [0.1, 0.15) is 73.8 Å². The highest BCUT2D eigenvalue weighted by Gasteiger charge is 2.44. The van der Waals surface area contributed by atoms with E-state index in [0.717, 1.165) is 74.4 Å². The number of hydrogen-bond donors (Lipinski definition) is 6. The lowest BCUT2D eigenvalue weighted by atomic mass is 10.1. The van der Waals surface area contributed by atoms with Gasteiger partial charge in [-0.3, -0.25) is 14.5 Å². The zero-order chi connectivity index (χ0) is 33.5. The molecule has 0 radical (unpaired) electrons. The number of hydroxylamine groups is 2. The summed E-state index contributed by atoms with van der Waals surface area (Å²) in [6, 6.07) is 10.4. The second-order valence-corrected chi connectivity index (χ2v) is 11.1. The third-order valence-corrected chi connectivity index (χ3v) is 7.41. The molecular weight excluding hydrogens is 598 g/mol. The number of aliphatic hydroxyl groups excluding tert-OH is 2. The minimum Gasteiger partial charge on any atom is -0.508 e. The number of amides is 5. The summed E-state index contributed by atoms with van der Waals surface area (Å²) in [5.41, 5.74) is 8.04. The van der Waals surface area contributed by atoms with Gasteiger partial charge in [-0.05, 0) is 67.5 Å². The monoisotopic (exact) mass is 643 g/mol. The number of carbonyl (C=O) groups is 4. The fraction of sp³-hybridized carbons (Fsp3) is 0.500. The molecule has 46 heavy (non-hydrogen) atoms. The van der Waals surface area contributed by atoms with Crippen molar-refractivity contribution < 1.29 is 44.1 Å². The first kappa shape index (κ1) is 36.2. The number of urea groups is 2. The first-order valence-corrected chi connectivity index (χ1v) is 15.5. The number of aryl methyl sites for hydroxylation is 1. The number of hydrogen-bond acceptors (Lipinski definition) is 10. The summed E-state index contributed by atoms with van der Waals surface area (Å²) in [4.78, 5) is 53.8. The number of phenols is 1. The molecule has 7 N–H and O–H groups in total. The highest BCUT2D eigenvalue weighted by molar-refractivity contribution is 6.05. The van der Waals surface area contributed by atoms with Crippen LogP contribution in [0.2, 0.25) is 0 Å². The van der Waals surface area contributed by atoms with Crippen molar-refractivity contribution in [1.29, 1.82) is 0 Å². The Morgan fingerprint density at radius 3 is 2.48 bits per heavy atom. The lowest BCUT2D eigenvalue weighted by Gasteiger charge is -2.22. The van der Waals surface area contributed by atoms with Crippen LogP contribution in [-0.4, -0.2) is 81.7 Å². The minimum absolute atomic E-state index is 0.0164. The maximum atomic E-state index is 12.8. The van der Waals surface area contributed by atoms with Gasteiger partial charge < -0.3 is 41.3 Å². The number of nitrogens with one attached hydrogen (secondary N) is 2. The molecule has 14 heteroatoms. The van der Waals surface area contributed by atoms with Crippen molar-refractivity contribution in [3.63, 3.8) is 0 Å². The van der Waals surface area contributed by atoms with E-state index >= 15 is 0 Å². The van der Waals surface area contributed by atoms with Crippen molar-refractivity contribution in [3.8, 4) is 5.75 Å². The van der Waals surface area contributed by atoms with Crippen molar-refractivity contribution in [2.45, 2.75) is 77.3 Å². The summed E-state index contributed by atoms with van der Waals surface area (Å²) in [5.74, 6) is -1.61. The zero-order valence-electron chi connectivity index (χ0n) is 26.2. The fourth-order valence-corrected chi connectivity index (χ4v) is 4.98. The fourth-order valence-electron chi connectivity index (χ4n) is 4.98. The number of primary amides is 1. The highest BCUT2D eigenvalue weighted by atomic mass is 16.7. The average molecular weight is 644 g/mol. The summed E-state index contributed by atoms with van der Waals surface area (Å²) >= 11 is 0. The Hall–Kier alpha value is -4.24. The molecule has 0 aromatic heterocycles. The van der Waals surface area contributed by atoms with Gasteiger partial charge in [0, 0.05) is 32.2 Å². The number of nitrogens with two attached hydrogens (primary N) is 1. The lowest BCUT2D eigenvalue weighted by molar-refractivity contribution is -0.184. The molecule has 5 amide bonds. The van der Waals surface area contributed by atoms with E-state index in [0.29, 0.717) is 35.9 Å². The molecule has 2 unspecified atom stereocenters. The summed E-state index contributed by atoms with van der Waals surface area (Å²) in [6.07, 6.45) is 4.44. The molecule has 14 nitrogen and oxygen atoms in total. The van der Waals surface area contributed by atoms with E-state index in [-0.39, 0.29) is 18.9 Å². The number of rotatable bonds is 19. The third-order valence-electron chi connectivity index (χ3n) is 7.41. The molecule has 0 bridgehead atoms. The van der Waals surface area contributed by atoms with Gasteiger partial charge in [-0.25, -0.2) is 9.59 Å². The van der Waals surface area contributed by atoms with E-state index in [2.05, 4.69) is 10.6 Å². The number of imide groups is 1. The standard InChI is InChI=1S/C32H45N5O9/c1-22(39)46-37(31(33)43)29-30(42)36(32(44)35-29)20-24-11-8-10-23(17-24)9-4-7-16-45-15-6-3-2-5-14-34-19-28(41)25-12-13-27(40)26(18-25)21-38/h8,10-13,17-18,28-29,34,38,40-41H,2-7,9,14-16,19-21H2,1H3,(H2,33,43)(H,35,44). The molecule has 0 aliphatic carbocycles. The highest BCUT2D eigenvalue weighted by Crippen LogP contribution is 2.22. The Morgan fingerprint density at radius 1 is 1.04 bits per heavy atom. The maximum Gasteiger partial charge on any atom is 0.350 e. The molecule has 1 saturated heterocycles. The van der Waals surface area contributed by atoms with Crippen LogP contribution in [0.25, 0.3) is 0 Å². The number of aromatic hydroxyl groups is 1. The molecule has 1 aliphatic heterocycles. The van der Waals surface area contributed by atoms with Gasteiger partial charge in [0.1, 0.15) is 5.75 Å². The number of benzene rings is 2. The molecule has 0 spiro atoms.